The molecule has 24 heavy (non-hydrogen) atoms. The lowest BCUT2D eigenvalue weighted by Crippen LogP contribution is -2.46. The number of nitrogens with zero attached hydrogens (tertiary/aromatic N) is 1. The Bertz CT molecular complexity index is 789. The summed E-state index contributed by atoms with van der Waals surface area (Å²) in [4.78, 5) is 2.53. The Morgan fingerprint density at radius 3 is 2.62 bits per heavy atom. The maximum Gasteiger partial charge on any atom is 0.405 e. The second-order valence-electron chi connectivity index (χ2n) is 7.22. The fraction of sp³-hybridized carbons (Fsp3) is 0.625. The summed E-state index contributed by atoms with van der Waals surface area (Å²) >= 11 is 12.3. The van der Waals surface area contributed by atoms with E-state index in [0.29, 0.717) is 34.0 Å². The Morgan fingerprint density at radius 1 is 1.12 bits per heavy atom. The van der Waals surface area contributed by atoms with Crippen LogP contribution in [0.15, 0.2) is 18.2 Å². The predicted octanol–water partition coefficient (Wildman–Crippen LogP) is 3.18. The highest BCUT2D eigenvalue weighted by Crippen LogP contribution is 2.56. The minimum absolute atomic E-state index is 0.0725. The smallest absolute Gasteiger partial charge is 0.297 e. The van der Waals surface area contributed by atoms with Crippen LogP contribution in [0.5, 0.6) is 0 Å². The lowest BCUT2D eigenvalue weighted by atomic mass is 9.73. The third kappa shape index (κ3) is 2.27. The van der Waals surface area contributed by atoms with Gasteiger partial charge in [-0.25, -0.2) is 8.37 Å². The molecule has 4 aliphatic rings. The van der Waals surface area contributed by atoms with Crippen molar-refractivity contribution in [3.63, 3.8) is 0 Å². The van der Waals surface area contributed by atoms with Gasteiger partial charge in [0, 0.05) is 24.5 Å². The standard InChI is InChI=1S/C16H17Cl2NO4S/c17-12-3-1-8(5-13(12)18)10-6-9-2-4-14-15(10)11(7-19(9)14)16-22-24(20,21)23-16/h1,3,5,9-11,14-16H,2,4,6-7H2/t9-,10+,11?,14+,15-/m0/s1. The molecule has 4 saturated heterocycles. The molecule has 0 radical (unpaired) electrons. The molecule has 0 spiro atoms. The van der Waals surface area contributed by atoms with Crippen LogP contribution in [0.25, 0.3) is 0 Å². The van der Waals surface area contributed by atoms with Crippen molar-refractivity contribution in [1.82, 2.24) is 4.90 Å². The van der Waals surface area contributed by atoms with Gasteiger partial charge in [0.15, 0.2) is 0 Å². The largest absolute Gasteiger partial charge is 0.405 e. The molecule has 0 aromatic heterocycles. The van der Waals surface area contributed by atoms with Gasteiger partial charge < -0.3 is 0 Å². The first kappa shape index (κ1) is 15.9. The van der Waals surface area contributed by atoms with Crippen LogP contribution in [0.3, 0.4) is 0 Å². The SMILES string of the molecule is O=S1(=O)OC(C2CN3[C@H]4CC[C@@H]3[C@H]2[C@@H](c2ccc(Cl)c(Cl)c2)C4)O1. The van der Waals surface area contributed by atoms with E-state index >= 15 is 0 Å². The van der Waals surface area contributed by atoms with Gasteiger partial charge in [0.1, 0.15) is 0 Å². The maximum absolute atomic E-state index is 11.2. The van der Waals surface area contributed by atoms with Gasteiger partial charge in [0.2, 0.25) is 6.29 Å². The molecule has 5 rings (SSSR count). The van der Waals surface area contributed by atoms with Gasteiger partial charge in [-0.05, 0) is 48.8 Å². The first-order valence-corrected chi connectivity index (χ1v) is 10.3. The summed E-state index contributed by atoms with van der Waals surface area (Å²) in [6.45, 7) is 0.845. The van der Waals surface area contributed by atoms with E-state index in [1.807, 2.05) is 18.2 Å². The van der Waals surface area contributed by atoms with Crippen molar-refractivity contribution in [2.24, 2.45) is 11.8 Å². The third-order valence-corrected chi connectivity index (χ3v) is 7.78. The molecule has 4 aliphatic heterocycles. The van der Waals surface area contributed by atoms with E-state index in [1.165, 1.54) is 12.0 Å². The normalized spacial score (nSPS) is 42.9. The van der Waals surface area contributed by atoms with Crippen molar-refractivity contribution in [2.45, 2.75) is 43.6 Å². The molecule has 1 aromatic carbocycles. The van der Waals surface area contributed by atoms with Crippen LogP contribution in [0, 0.1) is 11.8 Å². The summed E-state index contributed by atoms with van der Waals surface area (Å²) in [5, 5.41) is 1.12. The second kappa shape index (κ2) is 5.32. The molecule has 8 heteroatoms. The second-order valence-corrected chi connectivity index (χ2v) is 9.24. The van der Waals surface area contributed by atoms with Crippen molar-refractivity contribution in [1.29, 1.82) is 0 Å². The van der Waals surface area contributed by atoms with E-state index in [9.17, 15) is 8.42 Å². The molecule has 0 N–H and O–H groups in total. The number of benzene rings is 1. The fourth-order valence-electron chi connectivity index (χ4n) is 5.34. The minimum Gasteiger partial charge on any atom is -0.297 e. The molecule has 0 saturated carbocycles. The van der Waals surface area contributed by atoms with Gasteiger partial charge in [-0.3, -0.25) is 4.90 Å². The van der Waals surface area contributed by atoms with Gasteiger partial charge >= 0.3 is 10.4 Å². The predicted molar refractivity (Wildman–Crippen MR) is 89.2 cm³/mol. The Balaban J connectivity index is 1.50. The van der Waals surface area contributed by atoms with Crippen LogP contribution in [0.4, 0.5) is 0 Å². The van der Waals surface area contributed by atoms with Crippen LogP contribution >= 0.6 is 23.2 Å². The van der Waals surface area contributed by atoms with Crippen LogP contribution in [0.1, 0.15) is 30.7 Å². The zero-order chi connectivity index (χ0) is 16.6. The Hall–Kier alpha value is -0.370. The minimum atomic E-state index is -3.76. The average molecular weight is 390 g/mol. The molecule has 2 unspecified atom stereocenters. The molecule has 5 nitrogen and oxygen atoms in total. The number of hydrogen-bond acceptors (Lipinski definition) is 5. The number of rotatable bonds is 2. The highest BCUT2D eigenvalue weighted by atomic mass is 35.5. The first-order chi connectivity index (χ1) is 11.4. The van der Waals surface area contributed by atoms with Crippen molar-refractivity contribution in [3.05, 3.63) is 33.8 Å². The van der Waals surface area contributed by atoms with Crippen molar-refractivity contribution >= 4 is 33.6 Å². The number of piperidine rings is 1. The quantitative estimate of drug-likeness (QED) is 0.777. The van der Waals surface area contributed by atoms with E-state index in [1.54, 1.807) is 0 Å². The lowest BCUT2D eigenvalue weighted by molar-refractivity contribution is -0.124. The van der Waals surface area contributed by atoms with Crippen molar-refractivity contribution in [3.8, 4) is 0 Å². The van der Waals surface area contributed by atoms with Crippen LogP contribution < -0.4 is 0 Å². The van der Waals surface area contributed by atoms with Crippen LogP contribution in [-0.2, 0) is 18.8 Å². The van der Waals surface area contributed by atoms with Gasteiger partial charge in [-0.1, -0.05) is 29.3 Å². The van der Waals surface area contributed by atoms with E-state index in [-0.39, 0.29) is 5.92 Å². The summed E-state index contributed by atoms with van der Waals surface area (Å²) in [6.07, 6.45) is 2.78. The van der Waals surface area contributed by atoms with E-state index in [0.717, 1.165) is 19.4 Å². The highest BCUT2D eigenvalue weighted by molar-refractivity contribution is 7.82. The number of halogens is 2. The molecule has 1 aromatic rings. The Morgan fingerprint density at radius 2 is 1.92 bits per heavy atom. The molecule has 0 amide bonds. The topological polar surface area (TPSA) is 55.8 Å². The summed E-state index contributed by atoms with van der Waals surface area (Å²) in [5.74, 6) is 0.723. The summed E-state index contributed by atoms with van der Waals surface area (Å²) in [7, 11) is -3.76. The zero-order valence-electron chi connectivity index (χ0n) is 12.8. The Labute approximate surface area is 151 Å². The molecule has 4 fully saturated rings. The van der Waals surface area contributed by atoms with Crippen molar-refractivity contribution in [2.75, 3.05) is 6.54 Å². The van der Waals surface area contributed by atoms with E-state index in [2.05, 4.69) is 4.90 Å². The highest BCUT2D eigenvalue weighted by Gasteiger charge is 2.60. The van der Waals surface area contributed by atoms with Crippen LogP contribution in [0.2, 0.25) is 10.0 Å². The summed E-state index contributed by atoms with van der Waals surface area (Å²) in [5.41, 5.74) is 1.18. The monoisotopic (exact) mass is 389 g/mol. The van der Waals surface area contributed by atoms with Gasteiger partial charge in [-0.15, -0.1) is 0 Å². The molecular formula is C16H17Cl2NO4S. The lowest BCUT2D eigenvalue weighted by Gasteiger charge is -2.40. The summed E-state index contributed by atoms with van der Waals surface area (Å²) in [6, 6.07) is 6.87. The van der Waals surface area contributed by atoms with Gasteiger partial charge in [0.05, 0.1) is 10.0 Å². The zero-order valence-corrected chi connectivity index (χ0v) is 15.1. The molecule has 4 bridgehead atoms. The average Bonchev–Trinajstić information content (AvgIpc) is 2.93. The van der Waals surface area contributed by atoms with Crippen molar-refractivity contribution < 1.29 is 16.8 Å². The fourth-order valence-corrected chi connectivity index (χ4v) is 6.41. The van der Waals surface area contributed by atoms with Gasteiger partial charge in [0.25, 0.3) is 0 Å². The molecular weight excluding hydrogens is 373 g/mol. The molecule has 0 aliphatic carbocycles. The molecule has 4 heterocycles. The third-order valence-electron chi connectivity index (χ3n) is 6.19. The van der Waals surface area contributed by atoms with E-state index in [4.69, 9.17) is 31.6 Å². The summed E-state index contributed by atoms with van der Waals surface area (Å²) < 4.78 is 32.6. The molecule has 6 atom stereocenters. The van der Waals surface area contributed by atoms with Gasteiger partial charge in [-0.2, -0.15) is 8.42 Å². The maximum atomic E-state index is 11.2. The van der Waals surface area contributed by atoms with Crippen LogP contribution in [-0.4, -0.2) is 38.2 Å². The molecule has 130 valence electrons. The first-order valence-electron chi connectivity index (χ1n) is 8.25. The van der Waals surface area contributed by atoms with E-state index < -0.39 is 16.7 Å². The Kier molecular flexibility index (Phi) is 3.51. The number of hydrogen-bond donors (Lipinski definition) is 0.